The summed E-state index contributed by atoms with van der Waals surface area (Å²) in [7, 11) is 0. The molecule has 2 aromatic rings. The van der Waals surface area contributed by atoms with Crippen LogP contribution in [0, 0.1) is 0 Å². The minimum atomic E-state index is -1.24. The van der Waals surface area contributed by atoms with Gasteiger partial charge in [-0.1, -0.05) is 41.9 Å². The van der Waals surface area contributed by atoms with E-state index in [-0.39, 0.29) is 11.5 Å². The standard InChI is InChI=1S/C15H11ClN2O3/c16-13-3-1-2-12(8-13)14(19)18-17-9-10-4-6-11(7-5-10)15(20)21/h1-9H,(H,18,19)(H,20,21)/p-1/b17-9-. The lowest BCUT2D eigenvalue weighted by Gasteiger charge is -2.02. The van der Waals surface area contributed by atoms with E-state index < -0.39 is 5.97 Å². The molecule has 0 bridgehead atoms. The zero-order chi connectivity index (χ0) is 15.2. The SMILES string of the molecule is O=C([O-])c1ccc(/C=N\NC(=O)c2cccc(Cl)c2)cc1. The van der Waals surface area contributed by atoms with Gasteiger partial charge in [0.25, 0.3) is 5.91 Å². The van der Waals surface area contributed by atoms with Crippen LogP contribution in [0.3, 0.4) is 0 Å². The number of nitrogens with one attached hydrogen (secondary N) is 1. The smallest absolute Gasteiger partial charge is 0.271 e. The third-order valence-electron chi connectivity index (χ3n) is 2.61. The van der Waals surface area contributed by atoms with Crippen molar-refractivity contribution in [3.63, 3.8) is 0 Å². The highest BCUT2D eigenvalue weighted by Gasteiger charge is 2.03. The zero-order valence-electron chi connectivity index (χ0n) is 10.7. The number of amides is 1. The maximum Gasteiger partial charge on any atom is 0.271 e. The third-order valence-corrected chi connectivity index (χ3v) is 2.85. The van der Waals surface area contributed by atoms with Crippen LogP contribution in [0.2, 0.25) is 5.02 Å². The molecular formula is C15H10ClN2O3-. The largest absolute Gasteiger partial charge is 0.545 e. The molecule has 0 radical (unpaired) electrons. The Labute approximate surface area is 125 Å². The Hall–Kier alpha value is -2.66. The van der Waals surface area contributed by atoms with Gasteiger partial charge in [-0.15, -0.1) is 0 Å². The van der Waals surface area contributed by atoms with Gasteiger partial charge in [0.05, 0.1) is 12.2 Å². The number of carbonyl (C=O) groups is 2. The fraction of sp³-hybridized carbons (Fsp3) is 0. The van der Waals surface area contributed by atoms with E-state index in [1.807, 2.05) is 0 Å². The predicted molar refractivity (Wildman–Crippen MR) is 77.3 cm³/mol. The molecule has 0 spiro atoms. The van der Waals surface area contributed by atoms with Crippen LogP contribution >= 0.6 is 11.6 Å². The van der Waals surface area contributed by atoms with Gasteiger partial charge in [-0.05, 0) is 29.3 Å². The number of hydrogen-bond acceptors (Lipinski definition) is 4. The Balaban J connectivity index is 1.99. The average molecular weight is 302 g/mol. The Morgan fingerprint density at radius 1 is 1.10 bits per heavy atom. The van der Waals surface area contributed by atoms with Gasteiger partial charge >= 0.3 is 0 Å². The topological polar surface area (TPSA) is 81.6 Å². The van der Waals surface area contributed by atoms with Gasteiger partial charge in [-0.3, -0.25) is 4.79 Å². The van der Waals surface area contributed by atoms with Crippen molar-refractivity contribution in [3.8, 4) is 0 Å². The number of hydrazone groups is 1. The maximum atomic E-state index is 11.8. The molecule has 21 heavy (non-hydrogen) atoms. The molecule has 106 valence electrons. The quantitative estimate of drug-likeness (QED) is 0.686. The number of aromatic carboxylic acids is 1. The lowest BCUT2D eigenvalue weighted by atomic mass is 10.1. The highest BCUT2D eigenvalue weighted by atomic mass is 35.5. The summed E-state index contributed by atoms with van der Waals surface area (Å²) in [6.45, 7) is 0. The van der Waals surface area contributed by atoms with Crippen molar-refractivity contribution in [2.75, 3.05) is 0 Å². The summed E-state index contributed by atoms with van der Waals surface area (Å²) in [5.41, 5.74) is 3.47. The molecule has 0 saturated carbocycles. The molecule has 0 fully saturated rings. The van der Waals surface area contributed by atoms with Crippen molar-refractivity contribution in [2.45, 2.75) is 0 Å². The normalized spacial score (nSPS) is 10.5. The third kappa shape index (κ3) is 4.15. The molecule has 0 atom stereocenters. The molecule has 0 aromatic heterocycles. The van der Waals surface area contributed by atoms with E-state index in [0.717, 1.165) is 0 Å². The number of carboxylic acid groups (broad SMARTS) is 1. The van der Waals surface area contributed by atoms with Crippen LogP contribution in [0.15, 0.2) is 53.6 Å². The van der Waals surface area contributed by atoms with Crippen LogP contribution in [-0.4, -0.2) is 18.1 Å². The molecule has 5 nitrogen and oxygen atoms in total. The second kappa shape index (κ2) is 6.67. The van der Waals surface area contributed by atoms with E-state index in [0.29, 0.717) is 16.1 Å². The Bertz CT molecular complexity index is 696. The Morgan fingerprint density at radius 2 is 1.81 bits per heavy atom. The Morgan fingerprint density at radius 3 is 2.43 bits per heavy atom. The first-order valence-electron chi connectivity index (χ1n) is 5.96. The van der Waals surface area contributed by atoms with Crippen LogP contribution in [0.4, 0.5) is 0 Å². The summed E-state index contributed by atoms with van der Waals surface area (Å²) < 4.78 is 0. The monoisotopic (exact) mass is 301 g/mol. The van der Waals surface area contributed by atoms with E-state index in [2.05, 4.69) is 10.5 Å². The highest BCUT2D eigenvalue weighted by molar-refractivity contribution is 6.30. The maximum absolute atomic E-state index is 11.8. The summed E-state index contributed by atoms with van der Waals surface area (Å²) >= 11 is 5.79. The molecule has 0 unspecified atom stereocenters. The van der Waals surface area contributed by atoms with E-state index in [9.17, 15) is 14.7 Å². The van der Waals surface area contributed by atoms with Crippen LogP contribution in [0.5, 0.6) is 0 Å². The fourth-order valence-corrected chi connectivity index (χ4v) is 1.76. The van der Waals surface area contributed by atoms with Crippen molar-refractivity contribution in [3.05, 3.63) is 70.2 Å². The number of nitrogens with zero attached hydrogens (tertiary/aromatic N) is 1. The van der Waals surface area contributed by atoms with E-state index in [4.69, 9.17) is 11.6 Å². The van der Waals surface area contributed by atoms with Crippen LogP contribution in [0.25, 0.3) is 0 Å². The molecule has 0 aliphatic rings. The average Bonchev–Trinajstić information content (AvgIpc) is 2.47. The van der Waals surface area contributed by atoms with Gasteiger partial charge in [-0.2, -0.15) is 5.10 Å². The lowest BCUT2D eigenvalue weighted by molar-refractivity contribution is -0.255. The lowest BCUT2D eigenvalue weighted by Crippen LogP contribution is -2.22. The number of benzene rings is 2. The van der Waals surface area contributed by atoms with Gasteiger partial charge in [0.2, 0.25) is 0 Å². The summed E-state index contributed by atoms with van der Waals surface area (Å²) in [6.07, 6.45) is 1.40. The number of hydrogen-bond donors (Lipinski definition) is 1. The van der Waals surface area contributed by atoms with Crippen LogP contribution in [-0.2, 0) is 0 Å². The van der Waals surface area contributed by atoms with Crippen molar-refractivity contribution < 1.29 is 14.7 Å². The molecule has 6 heteroatoms. The van der Waals surface area contributed by atoms with Gasteiger partial charge in [-0.25, -0.2) is 5.43 Å². The first-order valence-corrected chi connectivity index (χ1v) is 6.34. The number of carboxylic acids is 1. The molecule has 1 amide bonds. The molecule has 2 rings (SSSR count). The van der Waals surface area contributed by atoms with E-state index in [1.54, 1.807) is 30.3 Å². The molecule has 0 aliphatic carbocycles. The minimum Gasteiger partial charge on any atom is -0.545 e. The van der Waals surface area contributed by atoms with Gasteiger partial charge in [0.1, 0.15) is 0 Å². The summed E-state index contributed by atoms with van der Waals surface area (Å²) in [4.78, 5) is 22.3. The molecule has 0 aliphatic heterocycles. The number of carbonyl (C=O) groups excluding carboxylic acids is 2. The van der Waals surface area contributed by atoms with Gasteiger partial charge in [0.15, 0.2) is 0 Å². The Kier molecular flexibility index (Phi) is 4.68. The predicted octanol–water partition coefficient (Wildman–Crippen LogP) is 1.47. The highest BCUT2D eigenvalue weighted by Crippen LogP contribution is 2.10. The van der Waals surface area contributed by atoms with Crippen molar-refractivity contribution in [1.29, 1.82) is 0 Å². The van der Waals surface area contributed by atoms with Gasteiger partial charge in [0, 0.05) is 10.6 Å². The summed E-state index contributed by atoms with van der Waals surface area (Å²) in [6, 6.07) is 12.4. The number of rotatable bonds is 4. The summed E-state index contributed by atoms with van der Waals surface area (Å²) in [5.74, 6) is -1.63. The van der Waals surface area contributed by atoms with Gasteiger partial charge < -0.3 is 9.90 Å². The second-order valence-electron chi connectivity index (χ2n) is 4.12. The second-order valence-corrected chi connectivity index (χ2v) is 4.56. The van der Waals surface area contributed by atoms with E-state index in [1.165, 1.54) is 24.4 Å². The molecule has 0 heterocycles. The zero-order valence-corrected chi connectivity index (χ0v) is 11.5. The molecular weight excluding hydrogens is 292 g/mol. The van der Waals surface area contributed by atoms with Crippen molar-refractivity contribution >= 4 is 29.7 Å². The first-order chi connectivity index (χ1) is 10.1. The van der Waals surface area contributed by atoms with Crippen LogP contribution < -0.4 is 10.5 Å². The van der Waals surface area contributed by atoms with Crippen LogP contribution in [0.1, 0.15) is 26.3 Å². The molecule has 2 aromatic carbocycles. The minimum absolute atomic E-state index is 0.0788. The number of halogens is 1. The molecule has 1 N–H and O–H groups in total. The first kappa shape index (κ1) is 14.7. The summed E-state index contributed by atoms with van der Waals surface area (Å²) in [5, 5.41) is 14.8. The fourth-order valence-electron chi connectivity index (χ4n) is 1.56. The van der Waals surface area contributed by atoms with Crippen molar-refractivity contribution in [1.82, 2.24) is 5.43 Å². The molecule has 0 saturated heterocycles. The van der Waals surface area contributed by atoms with E-state index >= 15 is 0 Å². The van der Waals surface area contributed by atoms with Crippen molar-refractivity contribution in [2.24, 2.45) is 5.10 Å².